The molecule has 0 unspecified atom stereocenters. The number of nitriles is 3. The first-order valence-corrected chi connectivity index (χ1v) is 45.5. The Labute approximate surface area is 799 Å². The summed E-state index contributed by atoms with van der Waals surface area (Å²) in [4.78, 5) is 97.1. The van der Waals surface area contributed by atoms with Crippen molar-refractivity contribution in [3.8, 4) is 80.9 Å². The molecule has 26 nitrogen and oxygen atoms in total. The number of carbonyl (C=O) groups is 7. The highest BCUT2D eigenvalue weighted by Crippen LogP contribution is 2.47. The van der Waals surface area contributed by atoms with Gasteiger partial charge in [-0.3, -0.25) is 33.6 Å². The molecule has 4 aliphatic rings. The normalized spacial score (nSPS) is 17.0. The van der Waals surface area contributed by atoms with Crippen molar-refractivity contribution in [3.05, 3.63) is 311 Å². The number of nitrogens with one attached hydrogen (secondary N) is 7. The standard InChI is InChI=1S/C30H25N5O.C30H35N3O2.C26H25N5O2.C25H24N6O2/c1-4-22-5-10-25(11-6-22)32-29-17-20(2)35(21(3)36)30-14-9-24(18-27(29)30)28-15-16-34(33-28)26-12-7-23(19-31)8-13-26;1-19-10-13-24(14-11-19)31-27-16-20(2)33(21(3)34)28-15-12-23(18-26(27)28)22-8-7-9-25(17-22)32-29(35)30(4,5)6;1-16-11-24(30-26-10-7-19(14-27)15-28-26)23-13-21(8-9-25(23)31(16)18(3)33)20-5-4-6-22(12-20)29-17(2)32;1-15-11-23(28-25-10-8-21(14-26)29-30-25)22-13-19(7-9-24(22)31(15)17(3)33)18-5-4-6-20(12-18)27-16(2)32/h1,5-16,18,20,29,32H,17H2,2-3H3;7-15,17-18,20,27,31H,16H2,1-6H3,(H,32,35);4-10,12-13,15-16,24H,11H2,1-3H3,(H,28,30)(H,29,32);4-10,12-13,15,23H,11H2,1-3H3,(H,27,32)(H,28,30)/t20-,29+;20-,27+;16-,24+;15-,23+/m0000/s1. The molecule has 0 spiro atoms. The lowest BCUT2D eigenvalue weighted by Gasteiger charge is -2.39. The minimum absolute atomic E-state index is 0.000830. The molecule has 4 aliphatic heterocycles. The number of benzene rings is 10. The molecule has 10 aromatic carbocycles. The topological polar surface area (TPSA) is 345 Å². The number of carbonyl (C=O) groups excluding carboxylic acids is 7. The maximum Gasteiger partial charge on any atom is 0.229 e. The number of rotatable bonds is 16. The Morgan fingerprint density at radius 3 is 1.12 bits per heavy atom. The van der Waals surface area contributed by atoms with Gasteiger partial charge in [0.25, 0.3) is 0 Å². The van der Waals surface area contributed by atoms with Crippen LogP contribution < -0.4 is 56.8 Å². The van der Waals surface area contributed by atoms with E-state index in [0.29, 0.717) is 35.6 Å². The molecular formula is C111H109N19O7. The molecule has 0 saturated heterocycles. The Balaban J connectivity index is 0.000000146. The number of terminal acetylenes is 1. The second-order valence-corrected chi connectivity index (χ2v) is 35.9. The molecule has 0 fully saturated rings. The molecule has 0 bridgehead atoms. The zero-order chi connectivity index (χ0) is 97.6. The van der Waals surface area contributed by atoms with Gasteiger partial charge in [0, 0.05) is 146 Å². The van der Waals surface area contributed by atoms with E-state index in [0.717, 1.165) is 142 Å². The highest BCUT2D eigenvalue weighted by Gasteiger charge is 2.38. The molecule has 7 N–H and O–H groups in total. The number of amides is 7. The Hall–Kier alpha value is -16.8. The number of nitrogens with zero attached hydrogens (tertiary/aromatic N) is 12. The fraction of sp³-hybridized carbons (Fsp3) is 0.243. The lowest BCUT2D eigenvalue weighted by molar-refractivity contribution is -0.123. The van der Waals surface area contributed by atoms with Crippen molar-refractivity contribution in [2.45, 2.75) is 171 Å². The van der Waals surface area contributed by atoms with Crippen LogP contribution in [0.4, 0.5) is 62.8 Å². The predicted molar refractivity (Wildman–Crippen MR) is 542 cm³/mol. The van der Waals surface area contributed by atoms with Gasteiger partial charge in [0.2, 0.25) is 41.4 Å². The van der Waals surface area contributed by atoms with Crippen LogP contribution in [0.5, 0.6) is 0 Å². The second-order valence-electron chi connectivity index (χ2n) is 35.9. The van der Waals surface area contributed by atoms with E-state index in [2.05, 4.69) is 146 Å². The quantitative estimate of drug-likeness (QED) is 0.0442. The Kier molecular flexibility index (Phi) is 29.8. The van der Waals surface area contributed by atoms with E-state index in [9.17, 15) is 33.6 Å². The third kappa shape index (κ3) is 23.1. The average Bonchev–Trinajstić information content (AvgIpc) is 1.71. The fourth-order valence-corrected chi connectivity index (χ4v) is 18.1. The summed E-state index contributed by atoms with van der Waals surface area (Å²) in [7, 11) is 0. The van der Waals surface area contributed by atoms with Gasteiger partial charge in [-0.1, -0.05) is 105 Å². The van der Waals surface area contributed by atoms with E-state index < -0.39 is 5.41 Å². The van der Waals surface area contributed by atoms with E-state index >= 15 is 0 Å². The van der Waals surface area contributed by atoms with Crippen LogP contribution in [-0.2, 0) is 33.6 Å². The predicted octanol–water partition coefficient (Wildman–Crippen LogP) is 21.8. The number of aromatic nitrogens is 5. The third-order valence-corrected chi connectivity index (χ3v) is 24.5. The molecular weight excluding hydrogens is 1710 g/mol. The van der Waals surface area contributed by atoms with Crippen LogP contribution in [0.1, 0.15) is 190 Å². The first-order chi connectivity index (χ1) is 65.7. The van der Waals surface area contributed by atoms with Crippen LogP contribution in [0.2, 0.25) is 0 Å². The molecule has 17 rings (SSSR count). The van der Waals surface area contributed by atoms with Gasteiger partial charge in [-0.2, -0.15) is 20.9 Å². The zero-order valence-corrected chi connectivity index (χ0v) is 79.1. The van der Waals surface area contributed by atoms with Gasteiger partial charge in [-0.25, -0.2) is 9.67 Å². The molecule has 3 aromatic heterocycles. The average molecular weight is 1820 g/mol. The summed E-state index contributed by atoms with van der Waals surface area (Å²) in [5.74, 6) is 3.67. The van der Waals surface area contributed by atoms with Gasteiger partial charge < -0.3 is 56.8 Å². The number of hydrogen-bond acceptors (Lipinski definition) is 18. The van der Waals surface area contributed by atoms with E-state index in [4.69, 9.17) is 27.3 Å². The van der Waals surface area contributed by atoms with Crippen molar-refractivity contribution in [2.24, 2.45) is 5.41 Å². The van der Waals surface area contributed by atoms with E-state index in [1.807, 2.05) is 224 Å². The molecule has 0 radical (unpaired) electrons. The Morgan fingerprint density at radius 1 is 0.380 bits per heavy atom. The van der Waals surface area contributed by atoms with Gasteiger partial charge in [-0.15, -0.1) is 16.6 Å². The van der Waals surface area contributed by atoms with Gasteiger partial charge >= 0.3 is 0 Å². The summed E-state index contributed by atoms with van der Waals surface area (Å²) in [6.45, 7) is 25.4. The Morgan fingerprint density at radius 2 is 0.752 bits per heavy atom. The lowest BCUT2D eigenvalue weighted by Crippen LogP contribution is -2.43. The largest absolute Gasteiger partial charge is 0.378 e. The summed E-state index contributed by atoms with van der Waals surface area (Å²) >= 11 is 0. The Bertz CT molecular complexity index is 6690. The zero-order valence-electron chi connectivity index (χ0n) is 79.1. The molecule has 137 heavy (non-hydrogen) atoms. The van der Waals surface area contributed by atoms with E-state index in [1.165, 1.54) is 19.4 Å². The van der Waals surface area contributed by atoms with Crippen molar-refractivity contribution in [2.75, 3.05) is 56.8 Å². The highest BCUT2D eigenvalue weighted by atomic mass is 16.2. The van der Waals surface area contributed by atoms with Crippen molar-refractivity contribution < 1.29 is 33.6 Å². The minimum atomic E-state index is -0.469. The summed E-state index contributed by atoms with van der Waals surface area (Å²) in [5.41, 5.74) is 23.5. The number of hydrogen-bond donors (Lipinski definition) is 7. The maximum absolute atomic E-state index is 12.5. The second kappa shape index (κ2) is 42.4. The van der Waals surface area contributed by atoms with E-state index in [-0.39, 0.29) is 95.4 Å². The molecule has 7 heterocycles. The lowest BCUT2D eigenvalue weighted by atomic mass is 9.88. The molecule has 0 saturated carbocycles. The minimum Gasteiger partial charge on any atom is -0.378 e. The smallest absolute Gasteiger partial charge is 0.229 e. The van der Waals surface area contributed by atoms with Crippen LogP contribution in [-0.4, -0.2) is 90.5 Å². The molecule has 8 atom stereocenters. The number of anilines is 11. The molecule has 7 amide bonds. The number of fused-ring (bicyclic) bond motifs is 4. The molecule has 0 aliphatic carbocycles. The SMILES string of the molecule is C#Cc1ccc(N[C@@H]2C[C@H](C)N(C(C)=O)c3ccc(-c4ccn(-c5ccc(C#N)cc5)n4)cc32)cc1.CC(=O)N1c2ccc(-c3cccc(NC(=O)C(C)(C)C)c3)cc2[C@H](Nc2ccc(C)cc2)C[C@@H]1C.CC(=O)Nc1cccc(-c2ccc3c(c2)[C@H](Nc2ccc(C#N)cn2)C[C@H](C)N3C(C)=O)c1.CC(=O)Nc1cccc(-c2ccc3c(c2)[C@H](Nc2ccc(C#N)nn2)C[C@H](C)N3C(C)=O)c1. The fourth-order valence-electron chi connectivity index (χ4n) is 18.1. The first kappa shape index (κ1) is 96.2. The van der Waals surface area contributed by atoms with Gasteiger partial charge in [0.05, 0.1) is 52.7 Å². The molecule has 13 aromatic rings. The van der Waals surface area contributed by atoms with Crippen LogP contribution in [0, 0.1) is 58.7 Å². The van der Waals surface area contributed by atoms with Crippen LogP contribution in [0.15, 0.2) is 261 Å². The summed E-state index contributed by atoms with van der Waals surface area (Å²) in [5, 5.41) is 62.7. The van der Waals surface area contributed by atoms with Crippen molar-refractivity contribution >= 4 is 104 Å². The van der Waals surface area contributed by atoms with Gasteiger partial charge in [-0.05, 0) is 292 Å². The monoisotopic (exact) mass is 1820 g/mol. The van der Waals surface area contributed by atoms with Crippen LogP contribution in [0.25, 0.3) is 50.3 Å². The highest BCUT2D eigenvalue weighted by molar-refractivity contribution is 5.99. The van der Waals surface area contributed by atoms with E-state index in [1.54, 1.807) is 75.0 Å². The first-order valence-electron chi connectivity index (χ1n) is 45.5. The van der Waals surface area contributed by atoms with Crippen molar-refractivity contribution in [1.29, 1.82) is 15.8 Å². The summed E-state index contributed by atoms with van der Waals surface area (Å²) in [6.07, 6.45) is 11.9. The molecule has 26 heteroatoms. The van der Waals surface area contributed by atoms with Crippen molar-refractivity contribution in [1.82, 2.24) is 25.0 Å². The summed E-state index contributed by atoms with van der Waals surface area (Å²) < 4.78 is 1.79. The van der Waals surface area contributed by atoms with Crippen molar-refractivity contribution in [3.63, 3.8) is 0 Å². The third-order valence-electron chi connectivity index (χ3n) is 24.5. The van der Waals surface area contributed by atoms with Gasteiger partial charge in [0.15, 0.2) is 5.69 Å². The number of pyridine rings is 1. The molecule has 690 valence electrons. The maximum atomic E-state index is 12.5. The van der Waals surface area contributed by atoms with Crippen LogP contribution >= 0.6 is 0 Å². The van der Waals surface area contributed by atoms with Gasteiger partial charge in [0.1, 0.15) is 23.8 Å². The van der Waals surface area contributed by atoms with Crippen LogP contribution in [0.3, 0.4) is 0 Å². The number of aryl methyl sites for hydroxylation is 1. The summed E-state index contributed by atoms with van der Waals surface area (Å²) in [6, 6.07) is 86.4.